The molecular weight excluding hydrogens is 641 g/mol. The highest BCUT2D eigenvalue weighted by atomic mass is 16.4. The molecule has 3 aromatic heterocycles. The van der Waals surface area contributed by atoms with Crippen LogP contribution in [0.15, 0.2) is 183 Å². The van der Waals surface area contributed by atoms with Crippen LogP contribution in [0.5, 0.6) is 0 Å². The van der Waals surface area contributed by atoms with E-state index in [1.165, 1.54) is 16.5 Å². The smallest absolute Gasteiger partial charge is 0.228 e. The normalized spacial score (nSPS) is 11.8. The van der Waals surface area contributed by atoms with Crippen LogP contribution in [-0.2, 0) is 0 Å². The van der Waals surface area contributed by atoms with E-state index in [9.17, 15) is 0 Å². The lowest BCUT2D eigenvalue weighted by atomic mass is 10.0. The summed E-state index contributed by atoms with van der Waals surface area (Å²) in [4.78, 5) is 7.08. The van der Waals surface area contributed by atoms with E-state index in [0.29, 0.717) is 5.89 Å². The second-order valence-corrected chi connectivity index (χ2v) is 13.1. The average molecular weight is 669 g/mol. The van der Waals surface area contributed by atoms with Crippen molar-refractivity contribution in [3.05, 3.63) is 170 Å². The van der Waals surface area contributed by atoms with Gasteiger partial charge in [0.25, 0.3) is 0 Å². The molecule has 0 bridgehead atoms. The van der Waals surface area contributed by atoms with Crippen LogP contribution in [0.25, 0.3) is 88.3 Å². The number of aromatic nitrogens is 1. The maximum atomic E-state index is 6.60. The molecule has 11 rings (SSSR count). The summed E-state index contributed by atoms with van der Waals surface area (Å²) in [6.07, 6.45) is 0. The van der Waals surface area contributed by atoms with E-state index < -0.39 is 0 Å². The molecule has 0 saturated carbocycles. The van der Waals surface area contributed by atoms with Gasteiger partial charge in [0.2, 0.25) is 5.89 Å². The Morgan fingerprint density at radius 1 is 0.423 bits per heavy atom. The fraction of sp³-hybridized carbons (Fsp3) is 0. The molecule has 244 valence electrons. The van der Waals surface area contributed by atoms with Crippen LogP contribution in [0.2, 0.25) is 0 Å². The number of anilines is 3. The third-order valence-corrected chi connectivity index (χ3v) is 10.1. The molecule has 0 saturated heterocycles. The lowest BCUT2D eigenvalue weighted by Crippen LogP contribution is -2.10. The van der Waals surface area contributed by atoms with E-state index in [-0.39, 0.29) is 0 Å². The quantitative estimate of drug-likeness (QED) is 0.183. The minimum Gasteiger partial charge on any atom is -0.456 e. The molecule has 8 aromatic carbocycles. The fourth-order valence-corrected chi connectivity index (χ4v) is 7.64. The topological polar surface area (TPSA) is 55.6 Å². The van der Waals surface area contributed by atoms with Crippen molar-refractivity contribution in [2.75, 3.05) is 4.90 Å². The Hall–Kier alpha value is -7.11. The molecule has 5 nitrogen and oxygen atoms in total. The third kappa shape index (κ3) is 4.46. The first-order valence-electron chi connectivity index (χ1n) is 17.4. The van der Waals surface area contributed by atoms with Gasteiger partial charge in [-0.25, -0.2) is 4.98 Å². The van der Waals surface area contributed by atoms with E-state index in [1.54, 1.807) is 0 Å². The lowest BCUT2D eigenvalue weighted by Gasteiger charge is -2.26. The summed E-state index contributed by atoms with van der Waals surface area (Å²) in [5.41, 5.74) is 11.0. The molecule has 0 atom stereocenters. The molecule has 0 radical (unpaired) electrons. The molecule has 0 fully saturated rings. The molecule has 52 heavy (non-hydrogen) atoms. The summed E-state index contributed by atoms with van der Waals surface area (Å²) >= 11 is 0. The number of furan rings is 2. The fourth-order valence-electron chi connectivity index (χ4n) is 7.64. The van der Waals surface area contributed by atoms with Crippen molar-refractivity contribution >= 4 is 82.8 Å². The minimum absolute atomic E-state index is 0.573. The highest BCUT2D eigenvalue weighted by molar-refractivity contribution is 6.14. The molecule has 3 heterocycles. The van der Waals surface area contributed by atoms with Crippen molar-refractivity contribution in [3.63, 3.8) is 0 Å². The summed E-state index contributed by atoms with van der Waals surface area (Å²) in [7, 11) is 0. The van der Waals surface area contributed by atoms with Gasteiger partial charge in [-0.15, -0.1) is 0 Å². The highest BCUT2D eigenvalue weighted by Gasteiger charge is 2.22. The number of hydrogen-bond donors (Lipinski definition) is 0. The molecule has 0 aliphatic carbocycles. The van der Waals surface area contributed by atoms with Crippen LogP contribution in [-0.4, -0.2) is 4.98 Å². The number of fused-ring (bicyclic) bond motifs is 8. The molecule has 0 spiro atoms. The zero-order valence-electron chi connectivity index (χ0n) is 27.8. The van der Waals surface area contributed by atoms with Gasteiger partial charge >= 0.3 is 0 Å². The first kappa shape index (κ1) is 28.7. The van der Waals surface area contributed by atoms with Crippen LogP contribution in [0, 0.1) is 0 Å². The molecule has 0 aliphatic heterocycles. The molecule has 0 unspecified atom stereocenters. The minimum atomic E-state index is 0.573. The Balaban J connectivity index is 1.11. The number of oxazole rings is 1. The summed E-state index contributed by atoms with van der Waals surface area (Å²) < 4.78 is 19.4. The third-order valence-electron chi connectivity index (χ3n) is 10.1. The van der Waals surface area contributed by atoms with E-state index in [1.807, 2.05) is 60.7 Å². The van der Waals surface area contributed by atoms with Crippen LogP contribution in [0.3, 0.4) is 0 Å². The van der Waals surface area contributed by atoms with Gasteiger partial charge in [0, 0.05) is 38.9 Å². The summed E-state index contributed by atoms with van der Waals surface area (Å²) in [6.45, 7) is 0. The zero-order valence-corrected chi connectivity index (χ0v) is 27.8. The highest BCUT2D eigenvalue weighted by Crippen LogP contribution is 2.45. The lowest BCUT2D eigenvalue weighted by molar-refractivity contribution is 0.620. The Labute approximate surface area is 297 Å². The first-order valence-corrected chi connectivity index (χ1v) is 17.4. The maximum Gasteiger partial charge on any atom is 0.228 e. The second-order valence-electron chi connectivity index (χ2n) is 13.1. The van der Waals surface area contributed by atoms with Crippen molar-refractivity contribution in [2.45, 2.75) is 0 Å². The van der Waals surface area contributed by atoms with E-state index in [2.05, 4.69) is 114 Å². The number of hydrogen-bond acceptors (Lipinski definition) is 5. The standard InChI is InChI=1S/C47H28N2O3/c1-2-10-29(11-3-1)30-20-21-32-27-33(23-22-31(32)26-30)49(40-16-8-13-36-35-12-4-6-17-41(35)51-46(36)40)34-24-25-37-44(28-34)50-43-19-9-14-38(45(37)43)47-48-39-15-5-7-18-42(39)52-47/h1-28H. The summed E-state index contributed by atoms with van der Waals surface area (Å²) in [5, 5.41) is 6.44. The molecular formula is C47H28N2O3. The van der Waals surface area contributed by atoms with Crippen LogP contribution in [0.4, 0.5) is 17.1 Å². The molecule has 0 aliphatic rings. The van der Waals surface area contributed by atoms with Crippen LogP contribution in [0.1, 0.15) is 0 Å². The predicted octanol–water partition coefficient (Wildman–Crippen LogP) is 13.6. The SMILES string of the molecule is c1ccc(-c2ccc3cc(N(c4ccc5c(c4)oc4cccc(-c6nc7ccccc7o6)c45)c4cccc5c4oc4ccccc45)ccc3c2)cc1. The van der Waals surface area contributed by atoms with E-state index >= 15 is 0 Å². The van der Waals surface area contributed by atoms with Gasteiger partial charge in [0.1, 0.15) is 22.3 Å². The van der Waals surface area contributed by atoms with E-state index in [0.717, 1.165) is 83.0 Å². The van der Waals surface area contributed by atoms with Gasteiger partial charge in [-0.1, -0.05) is 97.1 Å². The van der Waals surface area contributed by atoms with Gasteiger partial charge in [0.05, 0.1) is 11.4 Å². The first-order chi connectivity index (χ1) is 25.7. The van der Waals surface area contributed by atoms with Gasteiger partial charge in [-0.3, -0.25) is 0 Å². The number of benzene rings is 8. The summed E-state index contributed by atoms with van der Waals surface area (Å²) in [5.74, 6) is 0.573. The number of para-hydroxylation sites is 4. The van der Waals surface area contributed by atoms with E-state index in [4.69, 9.17) is 18.2 Å². The Bertz CT molecular complexity index is 3120. The number of nitrogens with zero attached hydrogens (tertiary/aromatic N) is 2. The molecule has 11 aromatic rings. The van der Waals surface area contributed by atoms with Gasteiger partial charge in [-0.2, -0.15) is 0 Å². The van der Waals surface area contributed by atoms with Crippen molar-refractivity contribution < 1.29 is 13.3 Å². The Kier molecular flexibility index (Phi) is 6.18. The van der Waals surface area contributed by atoms with Gasteiger partial charge < -0.3 is 18.2 Å². The van der Waals surface area contributed by atoms with Crippen molar-refractivity contribution in [2.24, 2.45) is 0 Å². The van der Waals surface area contributed by atoms with Crippen molar-refractivity contribution in [1.29, 1.82) is 0 Å². The Morgan fingerprint density at radius 3 is 2.08 bits per heavy atom. The van der Waals surface area contributed by atoms with Crippen molar-refractivity contribution in [3.8, 4) is 22.6 Å². The van der Waals surface area contributed by atoms with Crippen LogP contribution >= 0.6 is 0 Å². The summed E-state index contributed by atoms with van der Waals surface area (Å²) in [6, 6.07) is 58.7. The van der Waals surface area contributed by atoms with Crippen LogP contribution < -0.4 is 4.90 Å². The monoisotopic (exact) mass is 668 g/mol. The largest absolute Gasteiger partial charge is 0.456 e. The average Bonchev–Trinajstić information content (AvgIpc) is 3.92. The van der Waals surface area contributed by atoms with Gasteiger partial charge in [-0.05, 0) is 88.6 Å². The second kappa shape index (κ2) is 11.2. The van der Waals surface area contributed by atoms with Gasteiger partial charge in [0.15, 0.2) is 11.2 Å². The Morgan fingerprint density at radius 2 is 1.15 bits per heavy atom. The van der Waals surface area contributed by atoms with Crippen molar-refractivity contribution in [1.82, 2.24) is 4.98 Å². The molecule has 0 amide bonds. The predicted molar refractivity (Wildman–Crippen MR) is 212 cm³/mol. The maximum absolute atomic E-state index is 6.60. The zero-order chi connectivity index (χ0) is 34.2. The number of rotatable bonds is 5. The molecule has 5 heteroatoms. The molecule has 0 N–H and O–H groups in total.